The highest BCUT2D eigenvalue weighted by Gasteiger charge is 2.43. The van der Waals surface area contributed by atoms with Crippen molar-refractivity contribution in [2.45, 2.75) is 25.7 Å². The average Bonchev–Trinajstić information content (AvgIpc) is 1.97. The Bertz CT molecular complexity index is 226. The average molecular weight is 155 g/mol. The Morgan fingerprint density at radius 3 is 2.91 bits per heavy atom. The molecule has 2 aliphatic heterocycles. The van der Waals surface area contributed by atoms with Gasteiger partial charge in [-0.3, -0.25) is 9.59 Å². The van der Waals surface area contributed by atoms with E-state index >= 15 is 0 Å². The van der Waals surface area contributed by atoms with Gasteiger partial charge >= 0.3 is 0 Å². The Hall–Kier alpha value is -0.900. The molecule has 0 spiro atoms. The van der Waals surface area contributed by atoms with Crippen LogP contribution in [0.15, 0.2) is 0 Å². The zero-order valence-electron chi connectivity index (χ0n) is 6.24. The summed E-state index contributed by atoms with van der Waals surface area (Å²) in [4.78, 5) is 23.3. The van der Waals surface area contributed by atoms with Crippen LogP contribution in [0.1, 0.15) is 13.3 Å². The lowest BCUT2D eigenvalue weighted by molar-refractivity contribution is -0.199. The van der Waals surface area contributed by atoms with Crippen LogP contribution in [0.2, 0.25) is 0 Å². The molecule has 4 nitrogen and oxygen atoms in total. The molecule has 2 atom stereocenters. The number of fused-ring (bicyclic) bond motifs is 1. The Labute approximate surface area is 64.1 Å². The maximum atomic E-state index is 11.0. The second-order valence-electron chi connectivity index (χ2n) is 2.93. The van der Waals surface area contributed by atoms with Crippen LogP contribution in [0.4, 0.5) is 0 Å². The summed E-state index contributed by atoms with van der Waals surface area (Å²) in [5.41, 5.74) is 0. The topological polar surface area (TPSA) is 46.6 Å². The summed E-state index contributed by atoms with van der Waals surface area (Å²) in [7, 11) is 0. The number of ketones is 1. The second kappa shape index (κ2) is 2.04. The fraction of sp³-hybridized carbons (Fsp3) is 0.714. The Kier molecular flexibility index (Phi) is 1.26. The van der Waals surface area contributed by atoms with Crippen LogP contribution in [0, 0.1) is 0 Å². The van der Waals surface area contributed by atoms with Crippen LogP contribution < -0.4 is 0 Å². The van der Waals surface area contributed by atoms with Gasteiger partial charge in [0.25, 0.3) is 0 Å². The normalized spacial score (nSPS) is 36.6. The van der Waals surface area contributed by atoms with E-state index in [4.69, 9.17) is 4.74 Å². The van der Waals surface area contributed by atoms with Gasteiger partial charge in [0.1, 0.15) is 12.3 Å². The first-order chi connectivity index (χ1) is 5.18. The predicted molar refractivity (Wildman–Crippen MR) is 35.7 cm³/mol. The van der Waals surface area contributed by atoms with Crippen molar-refractivity contribution in [2.24, 2.45) is 0 Å². The van der Waals surface area contributed by atoms with Gasteiger partial charge in [0.2, 0.25) is 5.91 Å². The molecular weight excluding hydrogens is 146 g/mol. The van der Waals surface area contributed by atoms with E-state index in [0.29, 0.717) is 6.42 Å². The minimum atomic E-state index is -0.329. The smallest absolute Gasteiger partial charge is 0.229 e. The molecule has 0 bridgehead atoms. The third kappa shape index (κ3) is 0.860. The molecule has 0 unspecified atom stereocenters. The number of amides is 1. The van der Waals surface area contributed by atoms with Gasteiger partial charge in [-0.05, 0) is 6.92 Å². The number of Topliss-reactive ketones (excluding diaryl/α,β-unsaturated/α-hetero) is 1. The zero-order valence-corrected chi connectivity index (χ0v) is 6.24. The van der Waals surface area contributed by atoms with Gasteiger partial charge in [-0.2, -0.15) is 0 Å². The van der Waals surface area contributed by atoms with E-state index in [1.807, 2.05) is 0 Å². The van der Waals surface area contributed by atoms with Crippen molar-refractivity contribution >= 4 is 11.7 Å². The van der Waals surface area contributed by atoms with E-state index in [1.165, 1.54) is 4.90 Å². The summed E-state index contributed by atoms with van der Waals surface area (Å²) >= 11 is 0. The Morgan fingerprint density at radius 2 is 2.27 bits per heavy atom. The second-order valence-corrected chi connectivity index (χ2v) is 2.93. The van der Waals surface area contributed by atoms with Crippen LogP contribution in [-0.2, 0) is 14.3 Å². The van der Waals surface area contributed by atoms with Crippen molar-refractivity contribution in [3.05, 3.63) is 0 Å². The molecule has 11 heavy (non-hydrogen) atoms. The number of β-lactam (4-membered cyclic amide) rings is 1. The van der Waals surface area contributed by atoms with Crippen LogP contribution in [0.25, 0.3) is 0 Å². The van der Waals surface area contributed by atoms with E-state index in [9.17, 15) is 9.59 Å². The highest BCUT2D eigenvalue weighted by molar-refractivity contribution is 5.92. The molecule has 2 aliphatic rings. The summed E-state index contributed by atoms with van der Waals surface area (Å²) in [5, 5.41) is 0. The van der Waals surface area contributed by atoms with Gasteiger partial charge in [0.05, 0.1) is 13.0 Å². The first-order valence-electron chi connectivity index (χ1n) is 3.66. The SMILES string of the molecule is C[C@@H]1O[C@@H]2CC(=O)N2CC1=O. The molecule has 60 valence electrons. The molecule has 2 saturated heterocycles. The minimum absolute atomic E-state index is 0.00528. The zero-order chi connectivity index (χ0) is 8.01. The number of nitrogens with zero attached hydrogens (tertiary/aromatic N) is 1. The van der Waals surface area contributed by atoms with Crippen molar-refractivity contribution in [3.8, 4) is 0 Å². The van der Waals surface area contributed by atoms with E-state index < -0.39 is 0 Å². The third-order valence-electron chi connectivity index (χ3n) is 2.16. The highest BCUT2D eigenvalue weighted by Crippen LogP contribution is 2.25. The lowest BCUT2D eigenvalue weighted by Gasteiger charge is -2.44. The molecule has 0 N–H and O–H groups in total. The lowest BCUT2D eigenvalue weighted by Crippen LogP contribution is -2.61. The van der Waals surface area contributed by atoms with Gasteiger partial charge in [-0.15, -0.1) is 0 Å². The maximum Gasteiger partial charge on any atom is 0.229 e. The summed E-state index contributed by atoms with van der Waals surface area (Å²) in [6, 6.07) is 0. The highest BCUT2D eigenvalue weighted by atomic mass is 16.5. The van der Waals surface area contributed by atoms with E-state index in [1.54, 1.807) is 6.92 Å². The summed E-state index contributed by atoms with van der Waals surface area (Å²) in [5.74, 6) is 0.0181. The molecule has 1 amide bonds. The van der Waals surface area contributed by atoms with Crippen LogP contribution in [0.5, 0.6) is 0 Å². The van der Waals surface area contributed by atoms with Crippen molar-refractivity contribution < 1.29 is 14.3 Å². The number of carbonyl (C=O) groups excluding carboxylic acids is 2. The van der Waals surface area contributed by atoms with Crippen molar-refractivity contribution in [1.82, 2.24) is 4.90 Å². The summed E-state index contributed by atoms with van der Waals surface area (Å²) in [6.07, 6.45) is -0.00278. The fourth-order valence-corrected chi connectivity index (χ4v) is 1.34. The van der Waals surface area contributed by atoms with Crippen molar-refractivity contribution in [1.29, 1.82) is 0 Å². The number of rotatable bonds is 0. The number of hydrogen-bond donors (Lipinski definition) is 0. The van der Waals surface area contributed by atoms with E-state index in [-0.39, 0.29) is 30.6 Å². The predicted octanol–water partition coefficient (Wildman–Crippen LogP) is -0.467. The van der Waals surface area contributed by atoms with E-state index in [0.717, 1.165) is 0 Å². The van der Waals surface area contributed by atoms with Crippen LogP contribution in [0.3, 0.4) is 0 Å². The van der Waals surface area contributed by atoms with E-state index in [2.05, 4.69) is 0 Å². The number of carbonyl (C=O) groups is 2. The van der Waals surface area contributed by atoms with Gasteiger partial charge in [0, 0.05) is 0 Å². The first kappa shape index (κ1) is 6.79. The minimum Gasteiger partial charge on any atom is -0.347 e. The standard InChI is InChI=1S/C7H9NO3/c1-4-5(9)3-8-6(10)2-7(8)11-4/h4,7H,2-3H2,1H3/t4-,7+/m0/s1. The molecule has 2 heterocycles. The van der Waals surface area contributed by atoms with Crippen molar-refractivity contribution in [3.63, 3.8) is 0 Å². The molecule has 0 radical (unpaired) electrons. The third-order valence-corrected chi connectivity index (χ3v) is 2.16. The summed E-state index contributed by atoms with van der Waals surface area (Å²) < 4.78 is 5.22. The molecule has 2 rings (SSSR count). The van der Waals surface area contributed by atoms with Gasteiger partial charge in [-0.25, -0.2) is 0 Å². The molecule has 0 aromatic carbocycles. The summed E-state index contributed by atoms with van der Waals surface area (Å²) in [6.45, 7) is 1.97. The van der Waals surface area contributed by atoms with Gasteiger partial charge in [-0.1, -0.05) is 0 Å². The fourth-order valence-electron chi connectivity index (χ4n) is 1.34. The van der Waals surface area contributed by atoms with Crippen LogP contribution in [-0.4, -0.2) is 35.5 Å². The number of ether oxygens (including phenoxy) is 1. The molecule has 0 aliphatic carbocycles. The Morgan fingerprint density at radius 1 is 1.55 bits per heavy atom. The molecule has 0 aromatic rings. The number of hydrogen-bond acceptors (Lipinski definition) is 3. The van der Waals surface area contributed by atoms with Gasteiger partial charge in [0.15, 0.2) is 5.78 Å². The molecule has 0 saturated carbocycles. The Balaban J connectivity index is 2.09. The largest absolute Gasteiger partial charge is 0.347 e. The lowest BCUT2D eigenvalue weighted by atomic mass is 10.1. The molecule has 0 aromatic heterocycles. The molecule has 4 heteroatoms. The monoisotopic (exact) mass is 155 g/mol. The van der Waals surface area contributed by atoms with Crippen molar-refractivity contribution in [2.75, 3.05) is 6.54 Å². The van der Waals surface area contributed by atoms with Gasteiger partial charge < -0.3 is 9.64 Å². The van der Waals surface area contributed by atoms with Crippen LogP contribution >= 0.6 is 0 Å². The quantitative estimate of drug-likeness (QED) is 0.444. The first-order valence-corrected chi connectivity index (χ1v) is 3.66. The molecule has 2 fully saturated rings. The maximum absolute atomic E-state index is 11.0. The molecular formula is C7H9NO3.